The van der Waals surface area contributed by atoms with E-state index in [-0.39, 0.29) is 0 Å². The van der Waals surface area contributed by atoms with Crippen molar-refractivity contribution in [2.24, 2.45) is 76.9 Å². The van der Waals surface area contributed by atoms with Crippen LogP contribution in [0.25, 0.3) is 0 Å². The summed E-state index contributed by atoms with van der Waals surface area (Å²) in [4.78, 5) is 0. The molecule has 10 aliphatic heterocycles. The second kappa shape index (κ2) is 72.6. The molecular weight excluding hydrogens is 1500 g/mol. The van der Waals surface area contributed by atoms with Gasteiger partial charge in [-0.1, -0.05) is 289 Å². The maximum absolute atomic E-state index is 5.28. The van der Waals surface area contributed by atoms with Crippen LogP contribution < -0.4 is 16.0 Å². The minimum atomic E-state index is 0.536. The summed E-state index contributed by atoms with van der Waals surface area (Å²) in [5.41, 5.74) is 0. The van der Waals surface area contributed by atoms with Gasteiger partial charge in [0.1, 0.15) is 0 Å². The van der Waals surface area contributed by atoms with Gasteiger partial charge in [-0.2, -0.15) is 35.3 Å². The molecule has 0 radical (unpaired) electrons. The Morgan fingerprint density at radius 2 is 0.449 bits per heavy atom. The molecule has 0 spiro atoms. The van der Waals surface area contributed by atoms with E-state index in [1.807, 2.05) is 0 Å². The Hall–Kier alpha value is 0.810. The largest absolute Gasteiger partial charge is 0.381 e. The van der Waals surface area contributed by atoms with Crippen LogP contribution in [0.2, 0.25) is 0 Å². The van der Waals surface area contributed by atoms with E-state index in [4.69, 9.17) is 14.2 Å². The van der Waals surface area contributed by atoms with Gasteiger partial charge in [-0.05, 0) is 351 Å². The van der Waals surface area contributed by atoms with Gasteiger partial charge in [0.05, 0.1) is 6.10 Å². The second-order valence-electron chi connectivity index (χ2n) is 43.0. The standard InChI is InChI=1S/2C9H16.2C8H14.C7H13N.2C7H12.C6H13N.C6H12O.2C6H12.C5H11N.2C5H10O.3C5H10S/c2*1-3-8-5-2-6-9(4-1)7-8;2*1-2-7-4-5-8(3-1)6-7;1-3-7-4-2-6(1)5-8-7;2*1-2-6-4-7(3-1)5-6;2*1-6-4-2-3-5-7-6;8*1-2-4-6-5-3-1/h2*8-9H,1-7H2;2*7-8H,1-6H2;6-8H,1-5H2;2*6-7H,1-5H2;6-7H,2-5H2,1H3;6H,2-5H2,1H3;2*1-6H2;6H,1-5H2;5*1-5H2. The van der Waals surface area contributed by atoms with E-state index in [1.165, 1.54) is 393 Å². The van der Waals surface area contributed by atoms with Crippen molar-refractivity contribution in [1.82, 2.24) is 16.0 Å². The zero-order chi connectivity index (χ0) is 81.9. The van der Waals surface area contributed by atoms with Crippen LogP contribution in [0.4, 0.5) is 0 Å². The molecule has 694 valence electrons. The fraction of sp³-hybridized carbons (Fsp3) is 1.00. The maximum atomic E-state index is 5.28. The molecule has 17 aliphatic carbocycles. The lowest BCUT2D eigenvalue weighted by Crippen LogP contribution is -2.44. The summed E-state index contributed by atoms with van der Waals surface area (Å²) in [6, 6.07) is 1.69. The van der Waals surface area contributed by atoms with Crippen LogP contribution in [-0.4, -0.2) is 112 Å². The lowest BCUT2D eigenvalue weighted by Gasteiger charge is -2.40. The SMILES string of the molecule is C1CC2CC(C1)C2.C1CC2CC(C1)C2.C1CC2CCC(C1)C2.C1CC2CCC(C1)C2.C1CC2CCC1CN2.C1CC2CCCC(C1)C2.C1CC2CCCC(C1)C2.C1CCCCC1.C1CCCCC1.C1CCNCC1.C1CCOCC1.C1CCOCC1.C1CCSCC1.C1CCSCC1.C1CCSCC1.CC1CCCCN1.CC1CCCCO1. The fourth-order valence-corrected chi connectivity index (χ4v) is 27.4. The number of hydrogen-bond donors (Lipinski definition) is 3. The van der Waals surface area contributed by atoms with Gasteiger partial charge in [-0.25, -0.2) is 0 Å². The van der Waals surface area contributed by atoms with Crippen LogP contribution in [0.3, 0.4) is 0 Å². The highest BCUT2D eigenvalue weighted by Gasteiger charge is 2.34. The van der Waals surface area contributed by atoms with E-state index in [9.17, 15) is 0 Å². The highest BCUT2D eigenvalue weighted by Crippen LogP contribution is 2.47. The summed E-state index contributed by atoms with van der Waals surface area (Å²) in [5, 5.41) is 10.2. The fourth-order valence-electron chi connectivity index (χ4n) is 24.3. The lowest BCUT2D eigenvalue weighted by atomic mass is 9.65. The molecule has 118 heavy (non-hydrogen) atoms. The Labute approximate surface area is 750 Å². The molecule has 0 amide bonds. The Balaban J connectivity index is 0.000000157. The molecule has 10 heterocycles. The minimum Gasteiger partial charge on any atom is -0.381 e. The molecule has 9 heteroatoms. The Morgan fingerprint density at radius 3 is 0.576 bits per heavy atom. The van der Waals surface area contributed by atoms with Gasteiger partial charge < -0.3 is 30.2 Å². The first-order chi connectivity index (χ1) is 58.4. The smallest absolute Gasteiger partial charge is 0.0547 e. The average Bonchev–Trinajstić information content (AvgIpc) is 1.14. The van der Waals surface area contributed by atoms with Gasteiger partial charge in [-0.15, -0.1) is 0 Å². The lowest BCUT2D eigenvalue weighted by molar-refractivity contribution is 0.0285. The van der Waals surface area contributed by atoms with Gasteiger partial charge in [0, 0.05) is 45.1 Å². The molecule has 0 aromatic heterocycles. The monoisotopic (exact) mass is 1700 g/mol. The van der Waals surface area contributed by atoms with Crippen molar-refractivity contribution in [2.75, 3.05) is 93.7 Å². The molecule has 0 aromatic carbocycles. The highest BCUT2D eigenvalue weighted by molar-refractivity contribution is 7.99. The zero-order valence-electron chi connectivity index (χ0n) is 79.5. The van der Waals surface area contributed by atoms with Crippen LogP contribution in [0.5, 0.6) is 0 Å². The van der Waals surface area contributed by atoms with Crippen LogP contribution >= 0.6 is 35.3 Å². The summed E-state index contributed by atoms with van der Waals surface area (Å²) < 4.78 is 15.4. The summed E-state index contributed by atoms with van der Waals surface area (Å²) in [7, 11) is 0. The molecule has 3 N–H and O–H groups in total. The van der Waals surface area contributed by atoms with Gasteiger partial charge >= 0.3 is 0 Å². The van der Waals surface area contributed by atoms with Crippen LogP contribution in [-0.2, 0) is 14.2 Å². The number of thioether (sulfide) groups is 3. The van der Waals surface area contributed by atoms with Crippen molar-refractivity contribution in [1.29, 1.82) is 0 Å². The normalized spacial score (nSPS) is 35.0. The third-order valence-electron chi connectivity index (χ3n) is 32.2. The first-order valence-electron chi connectivity index (χ1n) is 55.1. The van der Waals surface area contributed by atoms with E-state index in [1.54, 1.807) is 180 Å². The Kier molecular flexibility index (Phi) is 64.1. The van der Waals surface area contributed by atoms with E-state index < -0.39 is 0 Å². The molecule has 0 aromatic rings. The van der Waals surface area contributed by atoms with Crippen molar-refractivity contribution in [3.8, 4) is 0 Å². The molecular formula is C109H207N3O3S3. The molecule has 27 rings (SSSR count). The number of hydrogen-bond acceptors (Lipinski definition) is 9. The summed E-state index contributed by atoms with van der Waals surface area (Å²) in [5.74, 6) is 23.5. The van der Waals surface area contributed by atoms with E-state index in [2.05, 4.69) is 65.1 Å². The van der Waals surface area contributed by atoms with E-state index in [0.717, 1.165) is 98.4 Å². The van der Waals surface area contributed by atoms with Crippen LogP contribution in [0.1, 0.15) is 502 Å². The van der Waals surface area contributed by atoms with Gasteiger partial charge in [0.2, 0.25) is 0 Å². The van der Waals surface area contributed by atoms with Crippen molar-refractivity contribution in [3.05, 3.63) is 0 Å². The quantitative estimate of drug-likeness (QED) is 0.220. The molecule has 6 nitrogen and oxygen atoms in total. The third-order valence-corrected chi connectivity index (χ3v) is 35.7. The van der Waals surface area contributed by atoms with Crippen molar-refractivity contribution in [2.45, 2.75) is 520 Å². The number of nitrogens with one attached hydrogen (secondary N) is 3. The molecule has 27 aliphatic rings. The highest BCUT2D eigenvalue weighted by atomic mass is 32.2. The Bertz CT molecular complexity index is 1650. The predicted molar refractivity (Wildman–Crippen MR) is 527 cm³/mol. The molecule has 14 bridgehead atoms. The van der Waals surface area contributed by atoms with Gasteiger partial charge in [0.15, 0.2) is 0 Å². The number of piperidine rings is 4. The first-order valence-corrected chi connectivity index (χ1v) is 58.6. The molecule has 10 saturated heterocycles. The first kappa shape index (κ1) is 104. The summed E-state index contributed by atoms with van der Waals surface area (Å²) >= 11 is 6.28. The van der Waals surface area contributed by atoms with Crippen molar-refractivity contribution >= 4 is 35.3 Å². The molecule has 6 atom stereocenters. The van der Waals surface area contributed by atoms with Gasteiger partial charge in [-0.3, -0.25) is 0 Å². The number of fused-ring (bicyclic) bond motifs is 15. The maximum Gasteiger partial charge on any atom is 0.0547 e. The molecule has 27 fully saturated rings. The molecule has 6 unspecified atom stereocenters. The molecule has 17 saturated carbocycles. The third kappa shape index (κ3) is 54.3. The van der Waals surface area contributed by atoms with Crippen molar-refractivity contribution in [3.63, 3.8) is 0 Å². The topological polar surface area (TPSA) is 63.8 Å². The second-order valence-corrected chi connectivity index (χ2v) is 46.6. The predicted octanol–water partition coefficient (Wildman–Crippen LogP) is 32.9. The summed E-state index contributed by atoms with van der Waals surface area (Å²) in [6.07, 6.45) is 114. The zero-order valence-corrected chi connectivity index (χ0v) is 82.0. The van der Waals surface area contributed by atoms with Gasteiger partial charge in [0.25, 0.3) is 0 Å². The van der Waals surface area contributed by atoms with Crippen molar-refractivity contribution < 1.29 is 14.2 Å². The number of rotatable bonds is 0. The van der Waals surface area contributed by atoms with Crippen LogP contribution in [0.15, 0.2) is 0 Å². The summed E-state index contributed by atoms with van der Waals surface area (Å²) in [6.45, 7) is 14.4. The van der Waals surface area contributed by atoms with E-state index >= 15 is 0 Å². The van der Waals surface area contributed by atoms with Crippen LogP contribution in [0, 0.1) is 76.9 Å². The van der Waals surface area contributed by atoms with E-state index in [0.29, 0.717) is 6.10 Å². The number of ether oxygens (including phenoxy) is 3. The Morgan fingerprint density at radius 1 is 0.195 bits per heavy atom. The average molecular weight is 1700 g/mol. The minimum absolute atomic E-state index is 0.536.